The fourth-order valence-electron chi connectivity index (χ4n) is 2.47. The summed E-state index contributed by atoms with van der Waals surface area (Å²) in [7, 11) is 0. The Labute approximate surface area is 127 Å². The van der Waals surface area contributed by atoms with Gasteiger partial charge in [-0.25, -0.2) is 0 Å². The van der Waals surface area contributed by atoms with Crippen LogP contribution in [0.25, 0.3) is 0 Å². The standard InChI is InChI=1S/C14H17ClN2O4/c1-2-21-11-5-7-16(8-6-11)14(18)12-9-10(15)3-4-13(12)17(19)20/h3-4,9,11H,2,5-8H2,1H3. The summed E-state index contributed by atoms with van der Waals surface area (Å²) in [4.78, 5) is 24.6. The highest BCUT2D eigenvalue weighted by Gasteiger charge is 2.28. The minimum Gasteiger partial charge on any atom is -0.378 e. The second-order valence-corrected chi connectivity index (χ2v) is 5.30. The Morgan fingerprint density at radius 3 is 2.71 bits per heavy atom. The molecule has 1 amide bonds. The number of nitro groups is 1. The summed E-state index contributed by atoms with van der Waals surface area (Å²) in [6.45, 7) is 3.66. The molecule has 1 aromatic rings. The van der Waals surface area contributed by atoms with Crippen LogP contribution in [0.5, 0.6) is 0 Å². The van der Waals surface area contributed by atoms with E-state index in [-0.39, 0.29) is 23.3 Å². The molecule has 1 fully saturated rings. The molecular weight excluding hydrogens is 296 g/mol. The maximum absolute atomic E-state index is 12.5. The number of hydrogen-bond acceptors (Lipinski definition) is 4. The summed E-state index contributed by atoms with van der Waals surface area (Å²) in [6, 6.07) is 4.04. The van der Waals surface area contributed by atoms with Crippen LogP contribution in [0.3, 0.4) is 0 Å². The van der Waals surface area contributed by atoms with Gasteiger partial charge in [0.05, 0.1) is 11.0 Å². The molecule has 0 saturated carbocycles. The Balaban J connectivity index is 2.14. The molecule has 6 nitrogen and oxygen atoms in total. The summed E-state index contributed by atoms with van der Waals surface area (Å²) < 4.78 is 5.53. The summed E-state index contributed by atoms with van der Waals surface area (Å²) in [5, 5.41) is 11.3. The average Bonchev–Trinajstić information content (AvgIpc) is 2.47. The minimum atomic E-state index is -0.559. The normalized spacial score (nSPS) is 16.0. The number of carbonyl (C=O) groups is 1. The first-order chi connectivity index (χ1) is 10.0. The molecule has 2 rings (SSSR count). The number of nitrogens with zero attached hydrogens (tertiary/aromatic N) is 2. The maximum atomic E-state index is 12.5. The summed E-state index contributed by atoms with van der Waals surface area (Å²) in [5.41, 5.74) is -0.168. The third-order valence-electron chi connectivity index (χ3n) is 3.52. The number of rotatable bonds is 4. The Kier molecular flexibility index (Phi) is 5.14. The molecule has 1 aliphatic heterocycles. The molecule has 1 aliphatic rings. The topological polar surface area (TPSA) is 72.7 Å². The smallest absolute Gasteiger partial charge is 0.282 e. The van der Waals surface area contributed by atoms with Crippen molar-refractivity contribution < 1.29 is 14.5 Å². The second kappa shape index (κ2) is 6.87. The Morgan fingerprint density at radius 2 is 2.14 bits per heavy atom. The first kappa shape index (κ1) is 15.7. The first-order valence-electron chi connectivity index (χ1n) is 6.87. The molecule has 1 saturated heterocycles. The fourth-order valence-corrected chi connectivity index (χ4v) is 2.64. The van der Waals surface area contributed by atoms with Gasteiger partial charge >= 0.3 is 0 Å². The quantitative estimate of drug-likeness (QED) is 0.633. The first-order valence-corrected chi connectivity index (χ1v) is 7.25. The van der Waals surface area contributed by atoms with Crippen LogP contribution < -0.4 is 0 Å². The number of ether oxygens (including phenoxy) is 1. The van der Waals surface area contributed by atoms with Gasteiger partial charge in [-0.3, -0.25) is 14.9 Å². The van der Waals surface area contributed by atoms with Gasteiger partial charge in [0.15, 0.2) is 0 Å². The van der Waals surface area contributed by atoms with Gasteiger partial charge in [0.2, 0.25) is 0 Å². The van der Waals surface area contributed by atoms with Crippen molar-refractivity contribution in [3.63, 3.8) is 0 Å². The van der Waals surface area contributed by atoms with Crippen molar-refractivity contribution in [3.8, 4) is 0 Å². The number of benzene rings is 1. The molecule has 0 N–H and O–H groups in total. The molecule has 114 valence electrons. The van der Waals surface area contributed by atoms with E-state index < -0.39 is 4.92 Å². The van der Waals surface area contributed by atoms with Gasteiger partial charge in [0, 0.05) is 30.8 Å². The van der Waals surface area contributed by atoms with E-state index in [4.69, 9.17) is 16.3 Å². The molecule has 1 heterocycles. The van der Waals surface area contributed by atoms with Crippen molar-refractivity contribution in [1.82, 2.24) is 4.90 Å². The van der Waals surface area contributed by atoms with Crippen molar-refractivity contribution in [2.24, 2.45) is 0 Å². The SMILES string of the molecule is CCOC1CCN(C(=O)c2cc(Cl)ccc2[N+](=O)[O-])CC1. The minimum absolute atomic E-state index is 0.0439. The van der Waals surface area contributed by atoms with E-state index in [0.717, 1.165) is 12.8 Å². The number of carbonyl (C=O) groups excluding carboxylic acids is 1. The van der Waals surface area contributed by atoms with Gasteiger partial charge in [0.25, 0.3) is 11.6 Å². The van der Waals surface area contributed by atoms with Crippen LogP contribution in [0.2, 0.25) is 5.02 Å². The molecular formula is C14H17ClN2O4. The predicted octanol–water partition coefficient (Wildman–Crippen LogP) is 2.89. The van der Waals surface area contributed by atoms with Gasteiger partial charge in [-0.1, -0.05) is 11.6 Å². The van der Waals surface area contributed by atoms with Crippen molar-refractivity contribution >= 4 is 23.2 Å². The van der Waals surface area contributed by atoms with Gasteiger partial charge in [-0.2, -0.15) is 0 Å². The molecule has 0 aliphatic carbocycles. The van der Waals surface area contributed by atoms with Crippen LogP contribution in [-0.4, -0.2) is 41.5 Å². The molecule has 21 heavy (non-hydrogen) atoms. The van der Waals surface area contributed by atoms with E-state index in [0.29, 0.717) is 24.7 Å². The zero-order chi connectivity index (χ0) is 15.4. The van der Waals surface area contributed by atoms with E-state index >= 15 is 0 Å². The van der Waals surface area contributed by atoms with E-state index in [2.05, 4.69) is 0 Å². The number of halogens is 1. The molecule has 0 atom stereocenters. The average molecular weight is 313 g/mol. The highest BCUT2D eigenvalue weighted by molar-refractivity contribution is 6.31. The third-order valence-corrected chi connectivity index (χ3v) is 3.75. The van der Waals surface area contributed by atoms with Crippen LogP contribution in [0, 0.1) is 10.1 Å². The number of piperidine rings is 1. The van der Waals surface area contributed by atoms with Crippen molar-refractivity contribution in [2.75, 3.05) is 19.7 Å². The predicted molar refractivity (Wildman–Crippen MR) is 78.7 cm³/mol. The lowest BCUT2D eigenvalue weighted by atomic mass is 10.1. The molecule has 0 aromatic heterocycles. The lowest BCUT2D eigenvalue weighted by Crippen LogP contribution is -2.41. The Morgan fingerprint density at radius 1 is 1.48 bits per heavy atom. The van der Waals surface area contributed by atoms with Gasteiger partial charge in [-0.15, -0.1) is 0 Å². The van der Waals surface area contributed by atoms with E-state index in [1.54, 1.807) is 4.90 Å². The Hall–Kier alpha value is -1.66. The highest BCUT2D eigenvalue weighted by atomic mass is 35.5. The number of hydrogen-bond donors (Lipinski definition) is 0. The summed E-state index contributed by atoms with van der Waals surface area (Å²) in [5.74, 6) is -0.348. The third kappa shape index (κ3) is 3.71. The van der Waals surface area contributed by atoms with Crippen molar-refractivity contribution in [3.05, 3.63) is 38.9 Å². The fraction of sp³-hybridized carbons (Fsp3) is 0.500. The van der Waals surface area contributed by atoms with Crippen LogP contribution in [0.4, 0.5) is 5.69 Å². The van der Waals surface area contributed by atoms with Crippen LogP contribution >= 0.6 is 11.6 Å². The van der Waals surface area contributed by atoms with Crippen LogP contribution in [0.15, 0.2) is 18.2 Å². The molecule has 0 spiro atoms. The monoisotopic (exact) mass is 312 g/mol. The largest absolute Gasteiger partial charge is 0.378 e. The molecule has 0 bridgehead atoms. The molecule has 0 unspecified atom stereocenters. The zero-order valence-electron chi connectivity index (χ0n) is 11.8. The molecule has 0 radical (unpaired) electrons. The number of nitro benzene ring substituents is 1. The maximum Gasteiger partial charge on any atom is 0.282 e. The highest BCUT2D eigenvalue weighted by Crippen LogP contribution is 2.25. The van der Waals surface area contributed by atoms with Crippen LogP contribution in [-0.2, 0) is 4.74 Å². The van der Waals surface area contributed by atoms with Gasteiger partial charge < -0.3 is 9.64 Å². The van der Waals surface area contributed by atoms with E-state index in [1.807, 2.05) is 6.92 Å². The van der Waals surface area contributed by atoms with E-state index in [9.17, 15) is 14.9 Å². The Bertz CT molecular complexity index is 542. The summed E-state index contributed by atoms with van der Waals surface area (Å²) in [6.07, 6.45) is 1.65. The van der Waals surface area contributed by atoms with Gasteiger partial charge in [0.1, 0.15) is 5.56 Å². The van der Waals surface area contributed by atoms with Gasteiger partial charge in [-0.05, 0) is 31.9 Å². The van der Waals surface area contributed by atoms with Crippen molar-refractivity contribution in [1.29, 1.82) is 0 Å². The lowest BCUT2D eigenvalue weighted by Gasteiger charge is -2.31. The summed E-state index contributed by atoms with van der Waals surface area (Å²) >= 11 is 5.86. The van der Waals surface area contributed by atoms with Crippen LogP contribution in [0.1, 0.15) is 30.1 Å². The lowest BCUT2D eigenvalue weighted by molar-refractivity contribution is -0.385. The molecule has 7 heteroatoms. The number of likely N-dealkylation sites (tertiary alicyclic amines) is 1. The number of amides is 1. The molecule has 1 aromatic carbocycles. The van der Waals surface area contributed by atoms with E-state index in [1.165, 1.54) is 18.2 Å². The second-order valence-electron chi connectivity index (χ2n) is 4.87. The van der Waals surface area contributed by atoms with Crippen molar-refractivity contribution in [2.45, 2.75) is 25.9 Å². The zero-order valence-corrected chi connectivity index (χ0v) is 12.5.